The Balaban J connectivity index is 2.13. The summed E-state index contributed by atoms with van der Waals surface area (Å²) in [7, 11) is 0. The Morgan fingerprint density at radius 1 is 1.43 bits per heavy atom. The fourth-order valence-electron chi connectivity index (χ4n) is 3.49. The van der Waals surface area contributed by atoms with E-state index in [0.29, 0.717) is 17.8 Å². The van der Waals surface area contributed by atoms with Crippen LogP contribution in [-0.2, 0) is 4.79 Å². The van der Waals surface area contributed by atoms with Crippen LogP contribution in [0.4, 0.5) is 0 Å². The normalized spacial score (nSPS) is 40.1. The zero-order valence-electron chi connectivity index (χ0n) is 8.70. The number of fused-ring (bicyclic) bond motifs is 2. The highest BCUT2D eigenvalue weighted by atomic mass is 16.4. The zero-order valence-corrected chi connectivity index (χ0v) is 8.70. The fourth-order valence-corrected chi connectivity index (χ4v) is 3.49. The molecule has 4 unspecified atom stereocenters. The number of hydrogen-bond acceptors (Lipinski definition) is 1. The van der Waals surface area contributed by atoms with Crippen molar-refractivity contribution in [3.63, 3.8) is 0 Å². The summed E-state index contributed by atoms with van der Waals surface area (Å²) < 4.78 is 0. The maximum Gasteiger partial charge on any atom is 0.307 e. The van der Waals surface area contributed by atoms with E-state index in [2.05, 4.69) is 6.58 Å². The largest absolute Gasteiger partial charge is 0.481 e. The second-order valence-electron chi connectivity index (χ2n) is 5.02. The van der Waals surface area contributed by atoms with Gasteiger partial charge in [0, 0.05) is 0 Å². The summed E-state index contributed by atoms with van der Waals surface area (Å²) in [5.41, 5.74) is 1.13. The van der Waals surface area contributed by atoms with Gasteiger partial charge in [-0.1, -0.05) is 5.57 Å². The number of allylic oxidation sites excluding steroid dienone is 1. The van der Waals surface area contributed by atoms with E-state index >= 15 is 0 Å². The van der Waals surface area contributed by atoms with Crippen molar-refractivity contribution in [2.24, 2.45) is 23.7 Å². The fraction of sp³-hybridized carbons (Fsp3) is 0.750. The molecule has 0 radical (unpaired) electrons. The lowest BCUT2D eigenvalue weighted by Gasteiger charge is -2.28. The van der Waals surface area contributed by atoms with E-state index in [0.717, 1.165) is 24.8 Å². The highest BCUT2D eigenvalue weighted by molar-refractivity contribution is 5.71. The number of carboxylic acids is 1. The van der Waals surface area contributed by atoms with E-state index in [1.54, 1.807) is 0 Å². The van der Waals surface area contributed by atoms with Crippen molar-refractivity contribution in [1.82, 2.24) is 0 Å². The molecule has 2 rings (SSSR count). The van der Waals surface area contributed by atoms with Crippen LogP contribution in [0.15, 0.2) is 12.2 Å². The van der Waals surface area contributed by atoms with Crippen molar-refractivity contribution in [3.05, 3.63) is 12.2 Å². The molecule has 2 saturated carbocycles. The molecule has 2 bridgehead atoms. The van der Waals surface area contributed by atoms with Crippen molar-refractivity contribution in [1.29, 1.82) is 0 Å². The monoisotopic (exact) mass is 194 g/mol. The van der Waals surface area contributed by atoms with Gasteiger partial charge < -0.3 is 5.11 Å². The molecule has 0 saturated heterocycles. The second kappa shape index (κ2) is 3.41. The molecule has 78 valence electrons. The molecule has 0 aliphatic heterocycles. The molecule has 4 atom stereocenters. The van der Waals surface area contributed by atoms with E-state index in [1.807, 2.05) is 6.92 Å². The molecule has 0 aromatic carbocycles. The predicted octanol–water partition coefficient (Wildman–Crippen LogP) is 2.70. The molecule has 2 aliphatic rings. The summed E-state index contributed by atoms with van der Waals surface area (Å²) in [4.78, 5) is 11.2. The van der Waals surface area contributed by atoms with Gasteiger partial charge in [-0.3, -0.25) is 4.79 Å². The van der Waals surface area contributed by atoms with E-state index in [-0.39, 0.29) is 5.92 Å². The summed E-state index contributed by atoms with van der Waals surface area (Å²) >= 11 is 0. The van der Waals surface area contributed by atoms with Gasteiger partial charge in [0.05, 0.1) is 5.92 Å². The van der Waals surface area contributed by atoms with Crippen molar-refractivity contribution in [2.75, 3.05) is 0 Å². The number of carboxylic acid groups (broad SMARTS) is 1. The van der Waals surface area contributed by atoms with Crippen LogP contribution in [0.25, 0.3) is 0 Å². The van der Waals surface area contributed by atoms with Gasteiger partial charge in [-0.05, 0) is 50.4 Å². The number of carbonyl (C=O) groups is 1. The van der Waals surface area contributed by atoms with Crippen LogP contribution >= 0.6 is 0 Å². The van der Waals surface area contributed by atoms with Gasteiger partial charge in [0.25, 0.3) is 0 Å². The van der Waals surface area contributed by atoms with Gasteiger partial charge in [0.15, 0.2) is 0 Å². The third-order valence-electron chi connectivity index (χ3n) is 3.96. The van der Waals surface area contributed by atoms with Gasteiger partial charge in [-0.25, -0.2) is 0 Å². The molecule has 0 spiro atoms. The summed E-state index contributed by atoms with van der Waals surface area (Å²) in [6.45, 7) is 5.91. The first-order chi connectivity index (χ1) is 6.59. The van der Waals surface area contributed by atoms with Gasteiger partial charge in [0.2, 0.25) is 0 Å². The molecule has 2 aliphatic carbocycles. The van der Waals surface area contributed by atoms with Crippen molar-refractivity contribution in [3.8, 4) is 0 Å². The third kappa shape index (κ3) is 1.47. The van der Waals surface area contributed by atoms with Crippen LogP contribution in [0, 0.1) is 23.7 Å². The Hall–Kier alpha value is -0.790. The van der Waals surface area contributed by atoms with Crippen molar-refractivity contribution >= 4 is 5.97 Å². The van der Waals surface area contributed by atoms with Gasteiger partial charge in [0.1, 0.15) is 0 Å². The van der Waals surface area contributed by atoms with Crippen molar-refractivity contribution < 1.29 is 9.90 Å². The summed E-state index contributed by atoms with van der Waals surface area (Å²) in [6, 6.07) is 0. The Morgan fingerprint density at radius 3 is 2.64 bits per heavy atom. The molecule has 0 aromatic heterocycles. The number of aliphatic carboxylic acids is 1. The quantitative estimate of drug-likeness (QED) is 0.701. The highest BCUT2D eigenvalue weighted by Gasteiger charge is 2.50. The Morgan fingerprint density at radius 2 is 2.07 bits per heavy atom. The molecular weight excluding hydrogens is 176 g/mol. The standard InChI is InChI=1S/C12H18O2/c1-7(2)5-10-8-3-4-9(6-8)11(10)12(13)14/h8-11H,1,3-6H2,2H3,(H,13,14). The Kier molecular flexibility index (Phi) is 2.38. The number of hydrogen-bond donors (Lipinski definition) is 1. The summed E-state index contributed by atoms with van der Waals surface area (Å²) in [5.74, 6) is 0.845. The maximum absolute atomic E-state index is 11.2. The van der Waals surface area contributed by atoms with Crippen LogP contribution in [0.1, 0.15) is 32.6 Å². The smallest absolute Gasteiger partial charge is 0.307 e. The molecule has 14 heavy (non-hydrogen) atoms. The minimum atomic E-state index is -0.580. The van der Waals surface area contributed by atoms with E-state index in [1.165, 1.54) is 6.42 Å². The molecule has 0 amide bonds. The average Bonchev–Trinajstić information content (AvgIpc) is 2.61. The third-order valence-corrected chi connectivity index (χ3v) is 3.96. The first kappa shape index (κ1) is 9.75. The second-order valence-corrected chi connectivity index (χ2v) is 5.02. The summed E-state index contributed by atoms with van der Waals surface area (Å²) in [6.07, 6.45) is 4.44. The molecule has 0 heterocycles. The highest BCUT2D eigenvalue weighted by Crippen LogP contribution is 2.54. The summed E-state index contributed by atoms with van der Waals surface area (Å²) in [5, 5.41) is 9.19. The molecule has 2 nitrogen and oxygen atoms in total. The van der Waals surface area contributed by atoms with Crippen LogP contribution in [0.5, 0.6) is 0 Å². The molecule has 2 heteroatoms. The minimum absolute atomic E-state index is 0.0783. The zero-order chi connectivity index (χ0) is 10.3. The predicted molar refractivity (Wildman–Crippen MR) is 54.9 cm³/mol. The van der Waals surface area contributed by atoms with Crippen LogP contribution in [-0.4, -0.2) is 11.1 Å². The van der Waals surface area contributed by atoms with E-state index in [4.69, 9.17) is 0 Å². The van der Waals surface area contributed by atoms with Crippen LogP contribution in [0.2, 0.25) is 0 Å². The van der Waals surface area contributed by atoms with Crippen LogP contribution in [0.3, 0.4) is 0 Å². The topological polar surface area (TPSA) is 37.3 Å². The van der Waals surface area contributed by atoms with Gasteiger partial charge in [-0.15, -0.1) is 6.58 Å². The average molecular weight is 194 g/mol. The van der Waals surface area contributed by atoms with Gasteiger partial charge in [-0.2, -0.15) is 0 Å². The molecule has 2 fully saturated rings. The molecule has 0 aromatic rings. The van der Waals surface area contributed by atoms with Gasteiger partial charge >= 0.3 is 5.97 Å². The van der Waals surface area contributed by atoms with E-state index < -0.39 is 5.97 Å². The lowest BCUT2D eigenvalue weighted by molar-refractivity contribution is -0.145. The lowest BCUT2D eigenvalue weighted by Crippen LogP contribution is -2.29. The number of rotatable bonds is 3. The first-order valence-electron chi connectivity index (χ1n) is 5.46. The molecular formula is C12H18O2. The first-order valence-corrected chi connectivity index (χ1v) is 5.46. The Bertz CT molecular complexity index is 269. The molecule has 1 N–H and O–H groups in total. The maximum atomic E-state index is 11.2. The lowest BCUT2D eigenvalue weighted by atomic mass is 9.76. The van der Waals surface area contributed by atoms with Crippen molar-refractivity contribution in [2.45, 2.75) is 32.6 Å². The minimum Gasteiger partial charge on any atom is -0.481 e. The SMILES string of the molecule is C=C(C)CC1C2CCC(C2)C1C(=O)O. The van der Waals surface area contributed by atoms with Crippen LogP contribution < -0.4 is 0 Å². The Labute approximate surface area is 85.0 Å². The van der Waals surface area contributed by atoms with E-state index in [9.17, 15) is 9.90 Å².